The average Bonchev–Trinajstić information content (AvgIpc) is 4.00. The third-order valence-electron chi connectivity index (χ3n) is 13.2. The van der Waals surface area contributed by atoms with E-state index in [1.165, 1.54) is 11.3 Å². The zero-order valence-electron chi connectivity index (χ0n) is 34.2. The second-order valence-electron chi connectivity index (χ2n) is 17.8. The Balaban J connectivity index is 1.05. The standard InChI is InChI=1S/C44H58ClN5O9/c1-26(2)18-30-22-37(33-10-11-36(38(45)39(33)46-30)57-17-14-49-12-15-56-16-13-49)58-32-23-35-40(51)48-44(42(53)54)24-29(44)8-6-4-3-5-7-9-34(41(52)50(35)25-32)47-43(55)59-31-20-27-19-28(27)21-31/h10-11,18,22,27-29,31-32,34-35H,3-9,12-17,19-21,23-25H2,1-2H3,(H,47,55)(H,48,51)(H,53,54)/t27-,28?,29+,31?,32+,34-,35-,44+/m0/s1. The molecule has 2 unspecified atom stereocenters. The Kier molecular flexibility index (Phi) is 12.6. The molecular weight excluding hydrogens is 778 g/mol. The van der Waals surface area contributed by atoms with Gasteiger partial charge in [0.05, 0.1) is 31.0 Å². The summed E-state index contributed by atoms with van der Waals surface area (Å²) in [6.07, 6.45) is 9.21. The Bertz CT molecular complexity index is 1940. The van der Waals surface area contributed by atoms with Crippen molar-refractivity contribution in [3.05, 3.63) is 34.5 Å². The largest absolute Gasteiger partial charge is 0.491 e. The summed E-state index contributed by atoms with van der Waals surface area (Å²) in [6, 6.07) is 3.53. The van der Waals surface area contributed by atoms with Crippen LogP contribution in [0.25, 0.3) is 17.0 Å². The smallest absolute Gasteiger partial charge is 0.408 e. The van der Waals surface area contributed by atoms with E-state index in [-0.39, 0.29) is 25.0 Å². The number of ether oxygens (including phenoxy) is 4. The van der Waals surface area contributed by atoms with Crippen LogP contribution < -0.4 is 20.1 Å². The fourth-order valence-corrected chi connectivity index (χ4v) is 9.99. The molecule has 3 saturated heterocycles. The molecule has 4 heterocycles. The number of aliphatic carboxylic acids is 1. The summed E-state index contributed by atoms with van der Waals surface area (Å²) >= 11 is 7.01. The lowest BCUT2D eigenvalue weighted by Crippen LogP contribution is -2.56. The number of nitrogens with one attached hydrogen (secondary N) is 2. The minimum absolute atomic E-state index is 0.0396. The maximum absolute atomic E-state index is 14.6. The summed E-state index contributed by atoms with van der Waals surface area (Å²) in [4.78, 5) is 63.5. The molecule has 320 valence electrons. The number of benzene rings is 1. The number of rotatable bonds is 10. The maximum atomic E-state index is 14.6. The van der Waals surface area contributed by atoms with E-state index in [1.54, 1.807) is 6.07 Å². The molecule has 0 bridgehead atoms. The van der Waals surface area contributed by atoms with Gasteiger partial charge in [0.25, 0.3) is 0 Å². The van der Waals surface area contributed by atoms with E-state index in [2.05, 4.69) is 15.5 Å². The fourth-order valence-electron chi connectivity index (χ4n) is 9.73. The summed E-state index contributed by atoms with van der Waals surface area (Å²) in [5, 5.41) is 17.1. The zero-order valence-corrected chi connectivity index (χ0v) is 35.0. The van der Waals surface area contributed by atoms with Crippen LogP contribution in [0.4, 0.5) is 4.79 Å². The molecule has 3 saturated carbocycles. The van der Waals surface area contributed by atoms with Crippen LogP contribution >= 0.6 is 11.6 Å². The van der Waals surface area contributed by atoms with Crippen LogP contribution in [0.2, 0.25) is 5.02 Å². The number of carbonyl (C=O) groups excluding carboxylic acids is 3. The number of nitrogens with zero attached hydrogens (tertiary/aromatic N) is 3. The van der Waals surface area contributed by atoms with Crippen LogP contribution in [0.1, 0.15) is 96.6 Å². The van der Waals surface area contributed by atoms with E-state index >= 15 is 0 Å². The van der Waals surface area contributed by atoms with Gasteiger partial charge in [0.1, 0.15) is 53.0 Å². The second-order valence-corrected chi connectivity index (χ2v) is 18.2. The number of fused-ring (bicyclic) bond motifs is 4. The number of carboxylic acid groups (broad SMARTS) is 1. The van der Waals surface area contributed by atoms with E-state index < -0.39 is 47.6 Å². The number of carboxylic acids is 1. The van der Waals surface area contributed by atoms with Crippen LogP contribution in [0.5, 0.6) is 11.5 Å². The van der Waals surface area contributed by atoms with Crippen LogP contribution in [0.3, 0.4) is 0 Å². The Morgan fingerprint density at radius 3 is 2.51 bits per heavy atom. The van der Waals surface area contributed by atoms with Crippen molar-refractivity contribution in [3.63, 3.8) is 0 Å². The van der Waals surface area contributed by atoms with Crippen LogP contribution in [0, 0.1) is 17.8 Å². The predicted molar refractivity (Wildman–Crippen MR) is 220 cm³/mol. The first-order valence-electron chi connectivity index (χ1n) is 21.7. The Hall–Kier alpha value is -4.14. The average molecular weight is 836 g/mol. The first kappa shape index (κ1) is 41.6. The number of carbonyl (C=O) groups is 4. The van der Waals surface area contributed by atoms with Gasteiger partial charge in [-0.15, -0.1) is 0 Å². The number of allylic oxidation sites excluding steroid dienone is 1. The molecule has 8 atom stereocenters. The molecular formula is C44H58ClN5O9. The van der Waals surface area contributed by atoms with E-state index in [0.717, 1.165) is 63.7 Å². The van der Waals surface area contributed by atoms with E-state index in [1.807, 2.05) is 32.1 Å². The molecule has 15 heteroatoms. The van der Waals surface area contributed by atoms with Gasteiger partial charge >= 0.3 is 12.1 Å². The Morgan fingerprint density at radius 1 is 1.02 bits per heavy atom. The van der Waals surface area contributed by atoms with Crippen LogP contribution in [0.15, 0.2) is 23.8 Å². The van der Waals surface area contributed by atoms with Crippen molar-refractivity contribution in [2.45, 2.75) is 121 Å². The number of hydrogen-bond acceptors (Lipinski definition) is 10. The number of halogens is 1. The summed E-state index contributed by atoms with van der Waals surface area (Å²) in [5.74, 6) is 0.0362. The van der Waals surface area contributed by atoms with Crippen molar-refractivity contribution in [1.82, 2.24) is 25.4 Å². The van der Waals surface area contributed by atoms with Gasteiger partial charge in [-0.1, -0.05) is 49.3 Å². The molecule has 59 heavy (non-hydrogen) atoms. The van der Waals surface area contributed by atoms with Gasteiger partial charge in [-0.05, 0) is 88.3 Å². The number of aromatic nitrogens is 1. The van der Waals surface area contributed by atoms with Gasteiger partial charge in [0.15, 0.2) is 0 Å². The molecule has 2 aromatic rings. The zero-order chi connectivity index (χ0) is 41.3. The topological polar surface area (TPSA) is 169 Å². The molecule has 8 rings (SSSR count). The molecule has 3 aliphatic carbocycles. The third-order valence-corrected chi connectivity index (χ3v) is 13.5. The molecule has 3 aliphatic heterocycles. The predicted octanol–water partition coefficient (Wildman–Crippen LogP) is 5.97. The first-order valence-corrected chi connectivity index (χ1v) is 22.1. The van der Waals surface area contributed by atoms with Crippen molar-refractivity contribution >= 4 is 52.5 Å². The van der Waals surface area contributed by atoms with Crippen molar-refractivity contribution < 1.29 is 43.2 Å². The molecule has 0 radical (unpaired) electrons. The first-order chi connectivity index (χ1) is 28.5. The molecule has 0 spiro atoms. The van der Waals surface area contributed by atoms with Crippen molar-refractivity contribution in [2.24, 2.45) is 17.8 Å². The second kappa shape index (κ2) is 17.8. The Morgan fingerprint density at radius 2 is 1.76 bits per heavy atom. The van der Waals surface area contributed by atoms with Gasteiger partial charge in [-0.3, -0.25) is 14.5 Å². The highest BCUT2D eigenvalue weighted by atomic mass is 35.5. The van der Waals surface area contributed by atoms with Crippen molar-refractivity contribution in [2.75, 3.05) is 46.0 Å². The van der Waals surface area contributed by atoms with E-state index in [0.29, 0.717) is 90.5 Å². The van der Waals surface area contributed by atoms with Crippen LogP contribution in [-0.4, -0.2) is 120 Å². The molecule has 3 N–H and O–H groups in total. The van der Waals surface area contributed by atoms with E-state index in [4.69, 9.17) is 35.5 Å². The summed E-state index contributed by atoms with van der Waals surface area (Å²) in [7, 11) is 0. The lowest BCUT2D eigenvalue weighted by atomic mass is 10.0. The summed E-state index contributed by atoms with van der Waals surface area (Å²) in [6.45, 7) is 8.25. The quantitative estimate of drug-likeness (QED) is 0.258. The van der Waals surface area contributed by atoms with Gasteiger partial charge in [-0.2, -0.15) is 0 Å². The lowest BCUT2D eigenvalue weighted by molar-refractivity contribution is -0.146. The third kappa shape index (κ3) is 9.60. The molecule has 6 fully saturated rings. The number of amides is 3. The SMILES string of the molecule is CC(C)=Cc1cc(O[C@@H]2C[C@H]3C(=O)N[C@]4(C(=O)O)C[C@H]4CCCCCCC[C@H](NC(=O)OC4CC5C[C@H]5C4)C(=O)N3C2)c2ccc(OCCN3CCOCC3)c(Cl)c2n1. The van der Waals surface area contributed by atoms with Gasteiger partial charge in [-0.25, -0.2) is 14.6 Å². The van der Waals surface area contributed by atoms with Gasteiger partial charge in [0.2, 0.25) is 11.8 Å². The molecule has 14 nitrogen and oxygen atoms in total. The lowest BCUT2D eigenvalue weighted by Gasteiger charge is -2.29. The summed E-state index contributed by atoms with van der Waals surface area (Å²) in [5.41, 5.74) is 0.756. The number of hydrogen-bond donors (Lipinski definition) is 3. The maximum Gasteiger partial charge on any atom is 0.408 e. The highest BCUT2D eigenvalue weighted by molar-refractivity contribution is 6.36. The fraction of sp³-hybridized carbons (Fsp3) is 0.659. The molecule has 6 aliphatic rings. The van der Waals surface area contributed by atoms with Crippen molar-refractivity contribution in [1.29, 1.82) is 0 Å². The van der Waals surface area contributed by atoms with Gasteiger partial charge < -0.3 is 39.6 Å². The van der Waals surface area contributed by atoms with E-state index in [9.17, 15) is 24.3 Å². The van der Waals surface area contributed by atoms with Crippen molar-refractivity contribution in [3.8, 4) is 11.5 Å². The number of pyridine rings is 1. The minimum Gasteiger partial charge on any atom is -0.491 e. The van der Waals surface area contributed by atoms with Crippen LogP contribution in [-0.2, 0) is 23.9 Å². The van der Waals surface area contributed by atoms with Gasteiger partial charge in [0, 0.05) is 37.5 Å². The monoisotopic (exact) mass is 835 g/mol. The number of alkyl carbamates (subject to hydrolysis) is 1. The Labute approximate surface area is 350 Å². The molecule has 1 aromatic heterocycles. The number of morpholine rings is 1. The highest BCUT2D eigenvalue weighted by Gasteiger charge is 2.62. The summed E-state index contributed by atoms with van der Waals surface area (Å²) < 4.78 is 24.2. The normalized spacial score (nSPS) is 31.1. The minimum atomic E-state index is -1.37. The highest BCUT2D eigenvalue weighted by Crippen LogP contribution is 2.52. The molecule has 1 aromatic carbocycles. The molecule has 3 amide bonds.